The van der Waals surface area contributed by atoms with E-state index in [9.17, 15) is 9.59 Å². The summed E-state index contributed by atoms with van der Waals surface area (Å²) in [5.74, 6) is 2.61. The van der Waals surface area contributed by atoms with E-state index in [2.05, 4.69) is 62.3 Å². The van der Waals surface area contributed by atoms with Gasteiger partial charge in [0.2, 0.25) is 0 Å². The van der Waals surface area contributed by atoms with Crippen LogP contribution in [0.2, 0.25) is 0 Å². The topological polar surface area (TPSA) is 43.4 Å². The minimum absolute atomic E-state index is 0.0392. The fraction of sp³-hybridized carbons (Fsp3) is 0.724. The third kappa shape index (κ3) is 16.1. The Morgan fingerprint density at radius 2 is 1.38 bits per heavy atom. The van der Waals surface area contributed by atoms with E-state index in [-0.39, 0.29) is 11.6 Å². The Balaban J connectivity index is 0. The SMILES string of the molecule is CCC(C)C.CCC(C)C.CCc1cc(CC(C(C)=O)C(=O)CCC(C)C)ccc1OC. The summed E-state index contributed by atoms with van der Waals surface area (Å²) >= 11 is 0. The normalized spacial score (nSPS) is 11.4. The molecule has 0 heterocycles. The van der Waals surface area contributed by atoms with Crippen molar-refractivity contribution in [3.63, 3.8) is 0 Å². The van der Waals surface area contributed by atoms with Crippen LogP contribution in [0.15, 0.2) is 18.2 Å². The maximum Gasteiger partial charge on any atom is 0.143 e. The van der Waals surface area contributed by atoms with E-state index in [0.717, 1.165) is 41.6 Å². The first-order chi connectivity index (χ1) is 14.9. The molecule has 0 aliphatic carbocycles. The van der Waals surface area contributed by atoms with Crippen LogP contribution in [0.5, 0.6) is 5.75 Å². The molecule has 0 aliphatic rings. The zero-order chi connectivity index (χ0) is 25.3. The summed E-state index contributed by atoms with van der Waals surface area (Å²) in [5, 5.41) is 0. The Morgan fingerprint density at radius 3 is 1.72 bits per heavy atom. The Hall–Kier alpha value is -1.64. The molecule has 0 saturated carbocycles. The van der Waals surface area contributed by atoms with E-state index in [1.165, 1.54) is 19.8 Å². The van der Waals surface area contributed by atoms with E-state index < -0.39 is 5.92 Å². The Bertz CT molecular complexity index is 621. The van der Waals surface area contributed by atoms with Gasteiger partial charge < -0.3 is 4.74 Å². The number of benzene rings is 1. The molecule has 1 aromatic rings. The van der Waals surface area contributed by atoms with Crippen LogP contribution in [0.1, 0.15) is 106 Å². The Labute approximate surface area is 199 Å². The van der Waals surface area contributed by atoms with Crippen molar-refractivity contribution in [2.45, 2.75) is 108 Å². The minimum Gasteiger partial charge on any atom is -0.496 e. The molecule has 0 fully saturated rings. The van der Waals surface area contributed by atoms with Gasteiger partial charge in [0, 0.05) is 6.42 Å². The molecule has 0 aliphatic heterocycles. The van der Waals surface area contributed by atoms with Gasteiger partial charge in [0.25, 0.3) is 0 Å². The van der Waals surface area contributed by atoms with E-state index in [1.807, 2.05) is 18.2 Å². The molecule has 0 bridgehead atoms. The van der Waals surface area contributed by atoms with Gasteiger partial charge in [-0.3, -0.25) is 9.59 Å². The summed E-state index contributed by atoms with van der Waals surface area (Å²) in [4.78, 5) is 24.2. The first kappa shape index (κ1) is 32.5. The van der Waals surface area contributed by atoms with Gasteiger partial charge in [0.15, 0.2) is 0 Å². The van der Waals surface area contributed by atoms with Crippen LogP contribution < -0.4 is 4.74 Å². The van der Waals surface area contributed by atoms with Crippen molar-refractivity contribution in [3.8, 4) is 5.75 Å². The lowest BCUT2D eigenvalue weighted by Gasteiger charge is -2.15. The van der Waals surface area contributed by atoms with Crippen molar-refractivity contribution in [2.24, 2.45) is 23.7 Å². The van der Waals surface area contributed by atoms with Gasteiger partial charge in [-0.1, -0.05) is 87.3 Å². The number of methoxy groups -OCH3 is 1. The fourth-order valence-corrected chi connectivity index (χ4v) is 2.56. The maximum absolute atomic E-state index is 12.3. The quantitative estimate of drug-likeness (QED) is 0.321. The average molecular weight is 449 g/mol. The van der Waals surface area contributed by atoms with Crippen molar-refractivity contribution in [1.29, 1.82) is 0 Å². The number of Topliss-reactive ketones (excluding diaryl/α,β-unsaturated/α-hetero) is 2. The van der Waals surface area contributed by atoms with Crippen molar-refractivity contribution in [2.75, 3.05) is 7.11 Å². The minimum atomic E-state index is -0.517. The number of ether oxygens (including phenoxy) is 1. The molecule has 1 atom stereocenters. The summed E-state index contributed by atoms with van der Waals surface area (Å²) in [6, 6.07) is 5.91. The third-order valence-electron chi connectivity index (χ3n) is 5.65. The summed E-state index contributed by atoms with van der Waals surface area (Å²) in [5.41, 5.74) is 2.13. The van der Waals surface area contributed by atoms with Gasteiger partial charge in [0.1, 0.15) is 17.3 Å². The highest BCUT2D eigenvalue weighted by molar-refractivity contribution is 6.01. The number of hydrogen-bond donors (Lipinski definition) is 0. The molecule has 1 rings (SSSR count). The highest BCUT2D eigenvalue weighted by Gasteiger charge is 2.23. The lowest BCUT2D eigenvalue weighted by molar-refractivity contribution is -0.131. The molecule has 0 N–H and O–H groups in total. The van der Waals surface area contributed by atoms with E-state index >= 15 is 0 Å². The van der Waals surface area contributed by atoms with Gasteiger partial charge in [-0.25, -0.2) is 0 Å². The van der Waals surface area contributed by atoms with Gasteiger partial charge in [-0.05, 0) is 61.1 Å². The summed E-state index contributed by atoms with van der Waals surface area (Å²) in [6.07, 6.45) is 5.29. The van der Waals surface area contributed by atoms with Crippen LogP contribution in [-0.4, -0.2) is 18.7 Å². The number of carbonyl (C=O) groups is 2. The summed E-state index contributed by atoms with van der Waals surface area (Å²) < 4.78 is 5.32. The number of hydrogen-bond acceptors (Lipinski definition) is 3. The zero-order valence-corrected chi connectivity index (χ0v) is 23.0. The lowest BCUT2D eigenvalue weighted by atomic mass is 9.88. The molecule has 32 heavy (non-hydrogen) atoms. The van der Waals surface area contributed by atoms with Crippen LogP contribution in [0.3, 0.4) is 0 Å². The standard InChI is InChI=1S/C19H28O3.2C5H12/c1-6-16-11-15(8-10-19(16)22-5)12-17(14(4)20)18(21)9-7-13(2)3;2*1-4-5(2)3/h8,10-11,13,17H,6-7,9,12H2,1-5H3;2*5H,4H2,1-3H3. The molecule has 1 aromatic carbocycles. The lowest BCUT2D eigenvalue weighted by Crippen LogP contribution is -2.24. The van der Waals surface area contributed by atoms with Gasteiger partial charge in [-0.2, -0.15) is 0 Å². The summed E-state index contributed by atoms with van der Waals surface area (Å²) in [7, 11) is 1.65. The first-order valence-corrected chi connectivity index (χ1v) is 12.6. The molecule has 3 heteroatoms. The number of aryl methyl sites for hydroxylation is 1. The Morgan fingerprint density at radius 1 is 0.875 bits per heavy atom. The molecule has 0 aromatic heterocycles. The van der Waals surface area contributed by atoms with Crippen molar-refractivity contribution in [3.05, 3.63) is 29.3 Å². The predicted octanol–water partition coefficient (Wildman–Crippen LogP) is 8.12. The van der Waals surface area contributed by atoms with E-state index in [4.69, 9.17) is 4.74 Å². The largest absolute Gasteiger partial charge is 0.496 e. The van der Waals surface area contributed by atoms with Crippen LogP contribution in [-0.2, 0) is 22.4 Å². The van der Waals surface area contributed by atoms with E-state index in [0.29, 0.717) is 18.8 Å². The van der Waals surface area contributed by atoms with Crippen molar-refractivity contribution >= 4 is 11.6 Å². The van der Waals surface area contributed by atoms with Crippen LogP contribution in [0.4, 0.5) is 0 Å². The molecule has 1 unspecified atom stereocenters. The van der Waals surface area contributed by atoms with Crippen molar-refractivity contribution in [1.82, 2.24) is 0 Å². The maximum atomic E-state index is 12.3. The number of ketones is 2. The van der Waals surface area contributed by atoms with Gasteiger partial charge in [0.05, 0.1) is 13.0 Å². The number of rotatable bonds is 11. The highest BCUT2D eigenvalue weighted by Crippen LogP contribution is 2.23. The molecule has 186 valence electrons. The molecule has 0 radical (unpaired) electrons. The van der Waals surface area contributed by atoms with Crippen LogP contribution >= 0.6 is 0 Å². The predicted molar refractivity (Wildman–Crippen MR) is 140 cm³/mol. The highest BCUT2D eigenvalue weighted by atomic mass is 16.5. The Kier molecular flexibility index (Phi) is 19.2. The second kappa shape index (κ2) is 18.9. The molecule has 0 spiro atoms. The fourth-order valence-electron chi connectivity index (χ4n) is 2.56. The molecular formula is C29H52O3. The average Bonchev–Trinajstić information content (AvgIpc) is 2.75. The summed E-state index contributed by atoms with van der Waals surface area (Å²) in [6.45, 7) is 21.1. The van der Waals surface area contributed by atoms with Crippen LogP contribution in [0, 0.1) is 23.7 Å². The van der Waals surface area contributed by atoms with Crippen molar-refractivity contribution < 1.29 is 14.3 Å². The first-order valence-electron chi connectivity index (χ1n) is 12.6. The van der Waals surface area contributed by atoms with Gasteiger partial charge in [-0.15, -0.1) is 0 Å². The molecule has 0 amide bonds. The van der Waals surface area contributed by atoms with Crippen LogP contribution in [0.25, 0.3) is 0 Å². The second-order valence-corrected chi connectivity index (χ2v) is 9.87. The van der Waals surface area contributed by atoms with Gasteiger partial charge >= 0.3 is 0 Å². The monoisotopic (exact) mass is 448 g/mol. The van der Waals surface area contributed by atoms with E-state index in [1.54, 1.807) is 7.11 Å². The molecular weight excluding hydrogens is 396 g/mol. The third-order valence-corrected chi connectivity index (χ3v) is 5.65. The molecule has 0 saturated heterocycles. The molecule has 3 nitrogen and oxygen atoms in total. The second-order valence-electron chi connectivity index (χ2n) is 9.87. The smallest absolute Gasteiger partial charge is 0.143 e. The number of carbonyl (C=O) groups excluding carboxylic acids is 2. The zero-order valence-electron chi connectivity index (χ0n) is 23.0.